The fourth-order valence-corrected chi connectivity index (χ4v) is 6.84. The molecule has 46 heavy (non-hydrogen) atoms. The summed E-state index contributed by atoms with van der Waals surface area (Å²) in [6.07, 6.45) is 3.56. The van der Waals surface area contributed by atoms with Crippen LogP contribution in [0.2, 0.25) is 0 Å². The molecule has 0 spiro atoms. The number of esters is 1. The van der Waals surface area contributed by atoms with E-state index in [-0.39, 0.29) is 10.8 Å². The first-order chi connectivity index (χ1) is 22.1. The van der Waals surface area contributed by atoms with Crippen molar-refractivity contribution in [1.82, 2.24) is 15.2 Å². The lowest BCUT2D eigenvalue weighted by molar-refractivity contribution is -0.154. The lowest BCUT2D eigenvalue weighted by Gasteiger charge is -2.48. The van der Waals surface area contributed by atoms with Crippen molar-refractivity contribution in [3.05, 3.63) is 101 Å². The molecule has 3 heterocycles. The van der Waals surface area contributed by atoms with Gasteiger partial charge in [0, 0.05) is 11.1 Å². The van der Waals surface area contributed by atoms with Gasteiger partial charge in [-0.3, -0.25) is 19.8 Å². The Morgan fingerprint density at radius 2 is 1.72 bits per heavy atom. The van der Waals surface area contributed by atoms with Gasteiger partial charge in [0.1, 0.15) is 22.7 Å². The van der Waals surface area contributed by atoms with Crippen LogP contribution in [0.5, 0.6) is 0 Å². The average Bonchev–Trinajstić information content (AvgIpc) is 3.49. The SMILES string of the molecule is CCC/C=C(\C(=O)NC1C(=O)N2C(C(=O)OC(c3ccccc3)c3ccccc3)=CCSC12)c1csc(NC(=O)OC(C)(C)C)n1. The number of carbonyl (C=O) groups excluding carboxylic acids is 4. The molecule has 1 saturated heterocycles. The van der Waals surface area contributed by atoms with Crippen molar-refractivity contribution < 1.29 is 28.7 Å². The van der Waals surface area contributed by atoms with E-state index >= 15 is 0 Å². The molecule has 2 aliphatic heterocycles. The Labute approximate surface area is 276 Å². The van der Waals surface area contributed by atoms with Crippen LogP contribution < -0.4 is 10.6 Å². The lowest BCUT2D eigenvalue weighted by atomic mass is 10.0. The molecule has 1 aromatic heterocycles. The number of unbranched alkanes of at least 4 members (excludes halogenated alkanes) is 1. The van der Waals surface area contributed by atoms with Gasteiger partial charge in [-0.05, 0) is 44.4 Å². The van der Waals surface area contributed by atoms with Crippen LogP contribution in [0.3, 0.4) is 0 Å². The molecule has 3 aromatic rings. The summed E-state index contributed by atoms with van der Waals surface area (Å²) in [5.74, 6) is -1.01. The van der Waals surface area contributed by atoms with Gasteiger partial charge in [-0.15, -0.1) is 23.1 Å². The predicted octanol–water partition coefficient (Wildman–Crippen LogP) is 6.29. The Morgan fingerprint density at radius 1 is 1.07 bits per heavy atom. The van der Waals surface area contributed by atoms with Crippen molar-refractivity contribution in [3.8, 4) is 0 Å². The van der Waals surface area contributed by atoms with Crippen LogP contribution in [0.15, 0.2) is 83.9 Å². The number of rotatable bonds is 10. The maximum Gasteiger partial charge on any atom is 0.413 e. The number of allylic oxidation sites excluding steroid dienone is 1. The average molecular weight is 661 g/mol. The van der Waals surface area contributed by atoms with Crippen LogP contribution in [0.1, 0.15) is 63.5 Å². The molecule has 2 atom stereocenters. The molecule has 2 unspecified atom stereocenters. The third-order valence-corrected chi connectivity index (χ3v) is 8.98. The predicted molar refractivity (Wildman–Crippen MR) is 179 cm³/mol. The summed E-state index contributed by atoms with van der Waals surface area (Å²) < 4.78 is 11.3. The number of ether oxygens (including phenoxy) is 2. The Hall–Kier alpha value is -4.42. The first kappa shape index (κ1) is 33.0. The molecule has 12 heteroatoms. The largest absolute Gasteiger partial charge is 0.448 e. The highest BCUT2D eigenvalue weighted by molar-refractivity contribution is 8.00. The lowest BCUT2D eigenvalue weighted by Crippen LogP contribution is -2.70. The van der Waals surface area contributed by atoms with Gasteiger partial charge in [-0.2, -0.15) is 0 Å². The molecular weight excluding hydrogens is 625 g/mol. The molecule has 0 radical (unpaired) electrons. The van der Waals surface area contributed by atoms with Crippen LogP contribution in [-0.2, 0) is 23.9 Å². The minimum absolute atomic E-state index is 0.162. The number of hydrogen-bond donors (Lipinski definition) is 2. The Bertz CT molecular complexity index is 1610. The number of aromatic nitrogens is 1. The second-order valence-electron chi connectivity index (χ2n) is 11.7. The van der Waals surface area contributed by atoms with Crippen molar-refractivity contribution >= 4 is 57.7 Å². The number of nitrogens with one attached hydrogen (secondary N) is 2. The van der Waals surface area contributed by atoms with Gasteiger partial charge in [0.05, 0.1) is 11.3 Å². The zero-order chi connectivity index (χ0) is 32.8. The van der Waals surface area contributed by atoms with E-state index in [0.29, 0.717) is 23.4 Å². The van der Waals surface area contributed by atoms with Gasteiger partial charge >= 0.3 is 12.1 Å². The number of benzene rings is 2. The molecule has 2 aliphatic rings. The van der Waals surface area contributed by atoms with Gasteiger partial charge in [-0.25, -0.2) is 14.6 Å². The van der Waals surface area contributed by atoms with Gasteiger partial charge in [0.25, 0.3) is 11.8 Å². The Balaban J connectivity index is 1.27. The molecule has 10 nitrogen and oxygen atoms in total. The van der Waals surface area contributed by atoms with Crippen LogP contribution >= 0.6 is 23.1 Å². The van der Waals surface area contributed by atoms with Gasteiger partial charge in [-0.1, -0.05) is 80.1 Å². The van der Waals surface area contributed by atoms with E-state index in [1.807, 2.05) is 67.6 Å². The maximum atomic E-state index is 13.6. The number of thioether (sulfide) groups is 1. The number of amides is 3. The quantitative estimate of drug-likeness (QED) is 0.148. The fourth-order valence-electron chi connectivity index (χ4n) is 4.95. The summed E-state index contributed by atoms with van der Waals surface area (Å²) in [4.78, 5) is 58.6. The summed E-state index contributed by atoms with van der Waals surface area (Å²) >= 11 is 2.62. The van der Waals surface area contributed by atoms with Crippen molar-refractivity contribution in [3.63, 3.8) is 0 Å². The molecule has 3 amide bonds. The molecule has 5 rings (SSSR count). The molecule has 240 valence electrons. The number of carbonyl (C=O) groups is 4. The van der Waals surface area contributed by atoms with Crippen molar-refractivity contribution in [2.45, 2.75) is 63.7 Å². The smallest absolute Gasteiger partial charge is 0.413 e. The summed E-state index contributed by atoms with van der Waals surface area (Å²) in [5.41, 5.74) is 1.78. The van der Waals surface area contributed by atoms with E-state index in [0.717, 1.165) is 28.9 Å². The third-order valence-electron chi connectivity index (χ3n) is 7.04. The first-order valence-electron chi connectivity index (χ1n) is 15.0. The van der Waals surface area contributed by atoms with E-state index in [9.17, 15) is 19.2 Å². The minimum atomic E-state index is -0.837. The topological polar surface area (TPSA) is 127 Å². The van der Waals surface area contributed by atoms with E-state index in [1.54, 1.807) is 38.3 Å². The van der Waals surface area contributed by atoms with Crippen molar-refractivity contribution in [1.29, 1.82) is 0 Å². The van der Waals surface area contributed by atoms with E-state index in [4.69, 9.17) is 9.47 Å². The highest BCUT2D eigenvalue weighted by Crippen LogP contribution is 2.39. The number of thiazole rings is 1. The second-order valence-corrected chi connectivity index (χ2v) is 13.7. The van der Waals surface area contributed by atoms with Crippen LogP contribution in [0.4, 0.5) is 9.93 Å². The molecule has 1 fully saturated rings. The number of nitrogens with zero attached hydrogens (tertiary/aromatic N) is 2. The molecule has 0 aliphatic carbocycles. The normalized spacial score (nSPS) is 17.8. The highest BCUT2D eigenvalue weighted by atomic mass is 32.2. The third kappa shape index (κ3) is 7.68. The monoisotopic (exact) mass is 660 g/mol. The minimum Gasteiger partial charge on any atom is -0.448 e. The number of hydrogen-bond acceptors (Lipinski definition) is 9. The maximum absolute atomic E-state index is 13.6. The number of fused-ring (bicyclic) bond motifs is 1. The fraction of sp³-hybridized carbons (Fsp3) is 0.324. The molecular formula is C34H36N4O6S2. The molecule has 0 saturated carbocycles. The van der Waals surface area contributed by atoms with Crippen molar-refractivity contribution in [2.24, 2.45) is 0 Å². The summed E-state index contributed by atoms with van der Waals surface area (Å²) in [7, 11) is 0. The summed E-state index contributed by atoms with van der Waals surface area (Å²) in [6.45, 7) is 7.27. The zero-order valence-electron chi connectivity index (χ0n) is 26.0. The Kier molecular flexibility index (Phi) is 10.3. The Morgan fingerprint density at radius 3 is 2.33 bits per heavy atom. The van der Waals surface area contributed by atoms with Crippen LogP contribution in [0, 0.1) is 0 Å². The number of β-lactam (4-membered cyclic amide) rings is 1. The summed E-state index contributed by atoms with van der Waals surface area (Å²) in [5, 5.41) is 6.94. The second kappa shape index (κ2) is 14.3. The van der Waals surface area contributed by atoms with Gasteiger partial charge in [0.15, 0.2) is 11.2 Å². The van der Waals surface area contributed by atoms with Crippen LogP contribution in [-0.4, -0.2) is 56.5 Å². The zero-order valence-corrected chi connectivity index (χ0v) is 27.7. The standard InChI is InChI=1S/C34H36N4O6S2/c1-5-6-17-23(24-20-46-32(35-24)37-33(42)44-34(2,3)4)28(39)36-26-29(40)38-25(18-19-45-30(26)38)31(41)43-27(21-13-9-7-10-14-21)22-15-11-8-12-16-22/h7-18,20,26-27,30H,5-6,19H2,1-4H3,(H,36,39)(H,35,37,42)/b23-17-. The van der Waals surface area contributed by atoms with E-state index < -0.39 is 47.0 Å². The molecule has 2 N–H and O–H groups in total. The summed E-state index contributed by atoms with van der Waals surface area (Å²) in [6, 6.07) is 18.0. The first-order valence-corrected chi connectivity index (χ1v) is 16.9. The van der Waals surface area contributed by atoms with Gasteiger partial charge < -0.3 is 14.8 Å². The highest BCUT2D eigenvalue weighted by Gasteiger charge is 2.53. The number of anilines is 1. The molecule has 2 aromatic carbocycles. The molecule has 0 bridgehead atoms. The van der Waals surface area contributed by atoms with Crippen molar-refractivity contribution in [2.75, 3.05) is 11.1 Å². The van der Waals surface area contributed by atoms with E-state index in [1.165, 1.54) is 16.7 Å². The van der Waals surface area contributed by atoms with E-state index in [2.05, 4.69) is 15.6 Å². The van der Waals surface area contributed by atoms with Crippen LogP contribution in [0.25, 0.3) is 5.57 Å². The van der Waals surface area contributed by atoms with Gasteiger partial charge in [0.2, 0.25) is 0 Å².